The number of ether oxygens (including phenoxy) is 1. The molecule has 0 saturated carbocycles. The smallest absolute Gasteiger partial charge is 0.280 e. The van der Waals surface area contributed by atoms with E-state index < -0.39 is 29.4 Å². The second-order valence-corrected chi connectivity index (χ2v) is 14.1. The van der Waals surface area contributed by atoms with Gasteiger partial charge in [-0.15, -0.1) is 0 Å². The number of amides is 3. The molecule has 0 unspecified atom stereocenters. The number of piperidine rings is 1. The van der Waals surface area contributed by atoms with E-state index in [0.29, 0.717) is 61.6 Å². The van der Waals surface area contributed by atoms with E-state index in [4.69, 9.17) is 4.74 Å². The Bertz CT molecular complexity index is 2110. The highest BCUT2D eigenvalue weighted by molar-refractivity contribution is 6.19. The molecule has 54 heavy (non-hydrogen) atoms. The minimum Gasteiger partial charge on any atom is -0.477 e. The Labute approximate surface area is 311 Å². The number of carbonyl (C=O) groups excluding carboxylic acids is 3. The molecule has 13 nitrogen and oxygen atoms in total. The molecule has 2 aromatic carbocycles. The van der Waals surface area contributed by atoms with Gasteiger partial charge in [-0.05, 0) is 87.0 Å². The molecule has 0 aliphatic carbocycles. The van der Waals surface area contributed by atoms with Crippen molar-refractivity contribution in [2.45, 2.75) is 51.9 Å². The molecule has 2 atom stereocenters. The van der Waals surface area contributed by atoms with Gasteiger partial charge in [0, 0.05) is 55.6 Å². The molecule has 15 heteroatoms. The highest BCUT2D eigenvalue weighted by atomic mass is 19.1. The number of fused-ring (bicyclic) bond motifs is 7. The van der Waals surface area contributed by atoms with Crippen LogP contribution in [0.5, 0.6) is 5.88 Å². The standard InChI is InChI=1S/C39H43F2N9O4/c1-22-5-4-14-54-38-28(20-44-49(38)3)32-17-25(15-23(2)45-32)36(52)48-39-46-31-8-6-24(16-33(31)50(39)21-22)10-11-42-12-13-43-26-18-29(40)35(30(41)19-26)27-7-9-34(51)47-37(27)53/h6,8,15-20,22,27,42-43H,4-5,7,9-14,21H2,1-3H3,(H,46,48,52)(H,47,51,53)/t22-,27-/m1/s1. The number of guanidine groups is 1. The molecule has 0 spiro atoms. The molecule has 3 amide bonds. The second-order valence-electron chi connectivity index (χ2n) is 14.1. The van der Waals surface area contributed by atoms with Gasteiger partial charge in [-0.2, -0.15) is 10.1 Å². The number of aryl methyl sites for hydroxylation is 2. The predicted molar refractivity (Wildman–Crippen MR) is 201 cm³/mol. The molecule has 4 aromatic rings. The summed E-state index contributed by atoms with van der Waals surface area (Å²) in [5.41, 5.74) is 5.28. The highest BCUT2D eigenvalue weighted by Gasteiger charge is 2.33. The third kappa shape index (κ3) is 7.95. The van der Waals surface area contributed by atoms with E-state index in [2.05, 4.69) is 54.2 Å². The first-order valence-corrected chi connectivity index (χ1v) is 18.3. The number of benzene rings is 2. The van der Waals surface area contributed by atoms with Gasteiger partial charge < -0.3 is 25.6 Å². The maximum atomic E-state index is 14.9. The van der Waals surface area contributed by atoms with Crippen LogP contribution in [-0.4, -0.2) is 71.2 Å². The fourth-order valence-corrected chi connectivity index (χ4v) is 7.15. The number of imide groups is 1. The van der Waals surface area contributed by atoms with Gasteiger partial charge >= 0.3 is 0 Å². The van der Waals surface area contributed by atoms with Crippen molar-refractivity contribution in [2.24, 2.45) is 18.0 Å². The van der Waals surface area contributed by atoms with Crippen LogP contribution in [0.1, 0.15) is 65.7 Å². The van der Waals surface area contributed by atoms with Gasteiger partial charge in [0.1, 0.15) is 11.6 Å². The summed E-state index contributed by atoms with van der Waals surface area (Å²) >= 11 is 0. The number of nitrogens with zero attached hydrogens (tertiary/aromatic N) is 5. The number of pyridine rings is 1. The predicted octanol–water partition coefficient (Wildman–Crippen LogP) is 5.07. The van der Waals surface area contributed by atoms with E-state index in [1.165, 1.54) is 12.1 Å². The molecular formula is C39H43F2N9O4. The lowest BCUT2D eigenvalue weighted by atomic mass is 9.89. The Morgan fingerprint density at radius 2 is 1.81 bits per heavy atom. The molecule has 4 N–H and O–H groups in total. The van der Waals surface area contributed by atoms with E-state index in [0.717, 1.165) is 41.8 Å². The molecule has 3 aliphatic rings. The molecule has 1 saturated heterocycles. The van der Waals surface area contributed by atoms with Gasteiger partial charge in [-0.25, -0.2) is 13.5 Å². The number of hydrogen-bond donors (Lipinski definition) is 4. The van der Waals surface area contributed by atoms with E-state index in [1.807, 2.05) is 26.1 Å². The van der Waals surface area contributed by atoms with Crippen molar-refractivity contribution in [3.05, 3.63) is 82.7 Å². The first kappa shape index (κ1) is 36.6. The lowest BCUT2D eigenvalue weighted by molar-refractivity contribution is -0.134. The van der Waals surface area contributed by atoms with Crippen molar-refractivity contribution in [3.8, 4) is 17.1 Å². The molecule has 2 bridgehead atoms. The maximum Gasteiger partial charge on any atom is 0.280 e. The van der Waals surface area contributed by atoms with Gasteiger partial charge in [0.05, 0.1) is 41.4 Å². The zero-order chi connectivity index (χ0) is 37.9. The third-order valence-electron chi connectivity index (χ3n) is 9.89. The van der Waals surface area contributed by atoms with Crippen molar-refractivity contribution in [1.82, 2.24) is 25.4 Å². The number of halogens is 2. The van der Waals surface area contributed by atoms with E-state index in [1.54, 1.807) is 23.0 Å². The molecule has 1 fully saturated rings. The van der Waals surface area contributed by atoms with Crippen molar-refractivity contribution in [3.63, 3.8) is 0 Å². The van der Waals surface area contributed by atoms with Crippen LogP contribution in [0.2, 0.25) is 0 Å². The molecule has 0 radical (unpaired) electrons. The van der Waals surface area contributed by atoms with Gasteiger partial charge in [0.2, 0.25) is 23.7 Å². The summed E-state index contributed by atoms with van der Waals surface area (Å²) in [4.78, 5) is 48.6. The zero-order valence-electron chi connectivity index (χ0n) is 30.5. The summed E-state index contributed by atoms with van der Waals surface area (Å²) in [5.74, 6) is -2.84. The first-order valence-electron chi connectivity index (χ1n) is 18.3. The topological polar surface area (TPSA) is 155 Å². The van der Waals surface area contributed by atoms with Crippen LogP contribution in [0.25, 0.3) is 11.3 Å². The van der Waals surface area contributed by atoms with E-state index in [-0.39, 0.29) is 35.9 Å². The Balaban J connectivity index is 0.991. The Morgan fingerprint density at radius 3 is 2.61 bits per heavy atom. The van der Waals surface area contributed by atoms with E-state index >= 15 is 0 Å². The monoisotopic (exact) mass is 739 g/mol. The summed E-state index contributed by atoms with van der Waals surface area (Å²) in [6.07, 6.45) is 4.26. The van der Waals surface area contributed by atoms with Crippen molar-refractivity contribution >= 4 is 40.7 Å². The molecule has 282 valence electrons. The number of aromatic nitrogens is 3. The average Bonchev–Trinajstić information content (AvgIpc) is 3.66. The minimum atomic E-state index is -1.04. The SMILES string of the molecule is Cc1cc2cc(n1)-c1cnn(C)c1OCCC[C@@H](C)CN1/C(=N/C2=O)Nc2ccc(CCNCCNc3cc(F)c([C@H]4CCC(=O)NC4=O)c(F)c3)cc21. The fraction of sp³-hybridized carbons (Fsp3) is 0.385. The Hall–Kier alpha value is -5.70. The number of aliphatic imine (C=N–C) groups is 1. The lowest BCUT2D eigenvalue weighted by Crippen LogP contribution is -2.40. The largest absolute Gasteiger partial charge is 0.477 e. The van der Waals surface area contributed by atoms with Crippen molar-refractivity contribution in [1.29, 1.82) is 0 Å². The normalized spacial score (nSPS) is 19.6. The average molecular weight is 740 g/mol. The quantitative estimate of drug-likeness (QED) is 0.142. The zero-order valence-corrected chi connectivity index (χ0v) is 30.5. The van der Waals surface area contributed by atoms with Crippen LogP contribution in [0.4, 0.5) is 25.8 Å². The lowest BCUT2D eigenvalue weighted by Gasteiger charge is -2.23. The molecule has 7 rings (SSSR count). The second kappa shape index (κ2) is 15.7. The fourth-order valence-electron chi connectivity index (χ4n) is 7.15. The van der Waals surface area contributed by atoms with Crippen molar-refractivity contribution in [2.75, 3.05) is 48.3 Å². The third-order valence-corrected chi connectivity index (χ3v) is 9.89. The molecule has 5 heterocycles. The molecular weight excluding hydrogens is 696 g/mol. The van der Waals surface area contributed by atoms with Gasteiger partial charge in [-0.1, -0.05) is 13.0 Å². The number of carbonyl (C=O) groups is 3. The van der Waals surface area contributed by atoms with Crippen LogP contribution in [0, 0.1) is 24.5 Å². The number of hydrogen-bond acceptors (Lipinski definition) is 10. The van der Waals surface area contributed by atoms with E-state index in [9.17, 15) is 23.2 Å². The molecule has 3 aliphatic heterocycles. The van der Waals surface area contributed by atoms with Crippen LogP contribution >= 0.6 is 0 Å². The number of nitrogens with one attached hydrogen (secondary N) is 4. The number of rotatable bonds is 8. The summed E-state index contributed by atoms with van der Waals surface area (Å²) < 4.78 is 37.6. The summed E-state index contributed by atoms with van der Waals surface area (Å²) in [6, 6.07) is 12.0. The summed E-state index contributed by atoms with van der Waals surface area (Å²) in [6.45, 7) is 6.79. The summed E-state index contributed by atoms with van der Waals surface area (Å²) in [5, 5.41) is 16.3. The van der Waals surface area contributed by atoms with Crippen LogP contribution in [-0.2, 0) is 23.1 Å². The Kier molecular flexibility index (Phi) is 10.7. The van der Waals surface area contributed by atoms with Crippen LogP contribution < -0.4 is 30.9 Å². The Morgan fingerprint density at radius 1 is 1.00 bits per heavy atom. The van der Waals surface area contributed by atoms with Gasteiger partial charge in [0.25, 0.3) is 5.91 Å². The van der Waals surface area contributed by atoms with Crippen LogP contribution in [0.3, 0.4) is 0 Å². The molecule has 2 aromatic heterocycles. The maximum absolute atomic E-state index is 14.9. The van der Waals surface area contributed by atoms with Crippen molar-refractivity contribution < 1.29 is 27.9 Å². The minimum absolute atomic E-state index is 0.0372. The van der Waals surface area contributed by atoms with Crippen LogP contribution in [0.15, 0.2) is 53.7 Å². The highest BCUT2D eigenvalue weighted by Crippen LogP contribution is 2.36. The van der Waals surface area contributed by atoms with Gasteiger partial charge in [-0.3, -0.25) is 24.7 Å². The number of anilines is 3. The first-order chi connectivity index (χ1) is 26.0. The summed E-state index contributed by atoms with van der Waals surface area (Å²) in [7, 11) is 1.82. The van der Waals surface area contributed by atoms with Gasteiger partial charge in [0.15, 0.2) is 0 Å².